The lowest BCUT2D eigenvalue weighted by Crippen LogP contribution is -2.18. The fourth-order valence-electron chi connectivity index (χ4n) is 2.26. The number of carboxylic acids is 1. The van der Waals surface area contributed by atoms with Crippen LogP contribution >= 0.6 is 11.6 Å². The minimum atomic E-state index is -1.22. The monoisotopic (exact) mass is 371 g/mol. The zero-order valence-corrected chi connectivity index (χ0v) is 14.2. The van der Waals surface area contributed by atoms with Crippen LogP contribution in [0.4, 0.5) is 10.6 Å². The van der Waals surface area contributed by atoms with Gasteiger partial charge in [-0.3, -0.25) is 5.32 Å². The number of carboxylic acid groups (broad SMARTS) is 1. The molecule has 1 heterocycles. The van der Waals surface area contributed by atoms with Gasteiger partial charge in [-0.25, -0.2) is 14.3 Å². The first-order valence-electron chi connectivity index (χ1n) is 7.59. The maximum Gasteiger partial charge on any atom is 0.413 e. The molecule has 0 radical (unpaired) electrons. The standard InChI is InChI=1S/C18H14ClN3O4/c19-13-6-8-14(9-7-13)22-16(15(10-20-22)17(23)24)21-18(25)26-11-12-4-2-1-3-5-12/h1-10H,11H2,(H,21,25)(H,23,24). The van der Waals surface area contributed by atoms with Crippen molar-refractivity contribution < 1.29 is 19.4 Å². The fourth-order valence-corrected chi connectivity index (χ4v) is 2.39. The SMILES string of the molecule is O=C(Nc1c(C(=O)O)cnn1-c1ccc(Cl)cc1)OCc1ccccc1. The van der Waals surface area contributed by atoms with Gasteiger partial charge in [0.1, 0.15) is 12.2 Å². The van der Waals surface area contributed by atoms with Gasteiger partial charge in [-0.05, 0) is 29.8 Å². The molecule has 0 bridgehead atoms. The molecule has 1 amide bonds. The number of aromatic nitrogens is 2. The lowest BCUT2D eigenvalue weighted by atomic mass is 10.2. The summed E-state index contributed by atoms with van der Waals surface area (Å²) < 4.78 is 6.44. The first-order chi connectivity index (χ1) is 12.5. The van der Waals surface area contributed by atoms with Crippen LogP contribution in [0.25, 0.3) is 5.69 Å². The van der Waals surface area contributed by atoms with Gasteiger partial charge in [0.15, 0.2) is 5.82 Å². The number of ether oxygens (including phenoxy) is 1. The summed E-state index contributed by atoms with van der Waals surface area (Å²) in [4.78, 5) is 23.5. The summed E-state index contributed by atoms with van der Waals surface area (Å²) in [5.74, 6) is -1.22. The van der Waals surface area contributed by atoms with Gasteiger partial charge in [-0.1, -0.05) is 41.9 Å². The predicted octanol–water partition coefficient (Wildman–Crippen LogP) is 3.97. The predicted molar refractivity (Wildman–Crippen MR) is 95.8 cm³/mol. The van der Waals surface area contributed by atoms with Gasteiger partial charge in [0, 0.05) is 5.02 Å². The van der Waals surface area contributed by atoms with E-state index in [0.29, 0.717) is 10.7 Å². The Bertz CT molecular complexity index is 923. The van der Waals surface area contributed by atoms with E-state index in [1.807, 2.05) is 30.3 Å². The third-order valence-electron chi connectivity index (χ3n) is 3.50. The highest BCUT2D eigenvalue weighted by atomic mass is 35.5. The first kappa shape index (κ1) is 17.5. The van der Waals surface area contributed by atoms with Crippen molar-refractivity contribution in [3.8, 4) is 5.69 Å². The third-order valence-corrected chi connectivity index (χ3v) is 3.76. The molecule has 0 spiro atoms. The highest BCUT2D eigenvalue weighted by molar-refractivity contribution is 6.30. The number of hydrogen-bond donors (Lipinski definition) is 2. The smallest absolute Gasteiger partial charge is 0.413 e. The Morgan fingerprint density at radius 2 is 1.81 bits per heavy atom. The molecule has 0 fully saturated rings. The van der Waals surface area contributed by atoms with Gasteiger partial charge in [0.2, 0.25) is 0 Å². The molecule has 8 heteroatoms. The minimum absolute atomic E-state index is 0.00196. The van der Waals surface area contributed by atoms with Crippen LogP contribution in [0.15, 0.2) is 60.8 Å². The molecular formula is C18H14ClN3O4. The Balaban J connectivity index is 1.81. The fraction of sp³-hybridized carbons (Fsp3) is 0.0556. The molecular weight excluding hydrogens is 358 g/mol. The normalized spacial score (nSPS) is 10.3. The third kappa shape index (κ3) is 4.01. The number of amides is 1. The number of benzene rings is 2. The van der Waals surface area contributed by atoms with Gasteiger partial charge >= 0.3 is 12.1 Å². The van der Waals surface area contributed by atoms with Crippen LogP contribution in [0, 0.1) is 0 Å². The second-order valence-corrected chi connectivity index (χ2v) is 5.72. The molecule has 26 heavy (non-hydrogen) atoms. The molecule has 2 N–H and O–H groups in total. The Morgan fingerprint density at radius 3 is 2.46 bits per heavy atom. The van der Waals surface area contributed by atoms with E-state index in [-0.39, 0.29) is 18.0 Å². The summed E-state index contributed by atoms with van der Waals surface area (Å²) in [7, 11) is 0. The number of anilines is 1. The van der Waals surface area contributed by atoms with E-state index in [0.717, 1.165) is 11.8 Å². The van der Waals surface area contributed by atoms with Gasteiger partial charge in [0.25, 0.3) is 0 Å². The van der Waals surface area contributed by atoms with Crippen LogP contribution in [-0.2, 0) is 11.3 Å². The van der Waals surface area contributed by atoms with E-state index in [9.17, 15) is 14.7 Å². The minimum Gasteiger partial charge on any atom is -0.477 e. The Hall–Kier alpha value is -3.32. The molecule has 0 aliphatic heterocycles. The Kier molecular flexibility index (Phi) is 5.19. The molecule has 7 nitrogen and oxygen atoms in total. The van der Waals surface area contributed by atoms with E-state index in [1.165, 1.54) is 4.68 Å². The number of halogens is 1. The van der Waals surface area contributed by atoms with Crippen LogP contribution in [-0.4, -0.2) is 26.9 Å². The van der Waals surface area contributed by atoms with Gasteiger partial charge in [-0.2, -0.15) is 5.10 Å². The molecule has 3 aromatic rings. The second kappa shape index (κ2) is 7.71. The van der Waals surface area contributed by atoms with E-state index in [1.54, 1.807) is 24.3 Å². The topological polar surface area (TPSA) is 93.5 Å². The second-order valence-electron chi connectivity index (χ2n) is 5.29. The van der Waals surface area contributed by atoms with Crippen LogP contribution in [0.3, 0.4) is 0 Å². The van der Waals surface area contributed by atoms with Crippen molar-refractivity contribution in [1.82, 2.24) is 9.78 Å². The van der Waals surface area contributed by atoms with Crippen LogP contribution in [0.1, 0.15) is 15.9 Å². The van der Waals surface area contributed by atoms with Crippen LogP contribution in [0.5, 0.6) is 0 Å². The molecule has 0 saturated heterocycles. The van der Waals surface area contributed by atoms with Crippen molar-refractivity contribution >= 4 is 29.5 Å². The zero-order valence-electron chi connectivity index (χ0n) is 13.4. The lowest BCUT2D eigenvalue weighted by Gasteiger charge is -2.11. The van der Waals surface area contributed by atoms with E-state index in [4.69, 9.17) is 16.3 Å². The molecule has 3 rings (SSSR count). The van der Waals surface area contributed by atoms with Crippen LogP contribution < -0.4 is 5.32 Å². The zero-order chi connectivity index (χ0) is 18.5. The highest BCUT2D eigenvalue weighted by Crippen LogP contribution is 2.22. The number of carbonyl (C=O) groups excluding carboxylic acids is 1. The number of nitrogens with zero attached hydrogens (tertiary/aromatic N) is 2. The summed E-state index contributed by atoms with van der Waals surface area (Å²) in [5, 5.41) is 16.3. The van der Waals surface area contributed by atoms with Gasteiger partial charge in [-0.15, -0.1) is 0 Å². The average Bonchev–Trinajstić information content (AvgIpc) is 3.05. The average molecular weight is 372 g/mol. The van der Waals surface area contributed by atoms with Crippen molar-refractivity contribution in [2.75, 3.05) is 5.32 Å². The molecule has 2 aromatic carbocycles. The van der Waals surface area contributed by atoms with Crippen molar-refractivity contribution in [3.63, 3.8) is 0 Å². The summed E-state index contributed by atoms with van der Waals surface area (Å²) in [6, 6.07) is 15.7. The quantitative estimate of drug-likeness (QED) is 0.707. The van der Waals surface area contributed by atoms with Crippen molar-refractivity contribution in [1.29, 1.82) is 0 Å². The Morgan fingerprint density at radius 1 is 1.12 bits per heavy atom. The lowest BCUT2D eigenvalue weighted by molar-refractivity contribution is 0.0698. The first-order valence-corrected chi connectivity index (χ1v) is 7.97. The molecule has 0 saturated carbocycles. The van der Waals surface area contributed by atoms with Gasteiger partial charge < -0.3 is 9.84 Å². The molecule has 0 aliphatic rings. The molecule has 1 aromatic heterocycles. The van der Waals surface area contributed by atoms with Crippen molar-refractivity contribution in [2.45, 2.75) is 6.61 Å². The maximum absolute atomic E-state index is 12.1. The van der Waals surface area contributed by atoms with E-state index >= 15 is 0 Å². The summed E-state index contributed by atoms with van der Waals surface area (Å²) in [5.41, 5.74) is 1.20. The molecule has 0 unspecified atom stereocenters. The Labute approximate surface area is 153 Å². The molecule has 132 valence electrons. The van der Waals surface area contributed by atoms with Crippen molar-refractivity contribution in [2.24, 2.45) is 0 Å². The number of aromatic carboxylic acids is 1. The van der Waals surface area contributed by atoms with Crippen molar-refractivity contribution in [3.05, 3.63) is 76.9 Å². The van der Waals surface area contributed by atoms with E-state index < -0.39 is 12.1 Å². The summed E-state index contributed by atoms with van der Waals surface area (Å²) in [6.07, 6.45) is 0.371. The number of hydrogen-bond acceptors (Lipinski definition) is 4. The summed E-state index contributed by atoms with van der Waals surface area (Å²) in [6.45, 7) is 0.0597. The van der Waals surface area contributed by atoms with E-state index in [2.05, 4.69) is 10.4 Å². The number of rotatable bonds is 5. The highest BCUT2D eigenvalue weighted by Gasteiger charge is 2.20. The van der Waals surface area contributed by atoms with Crippen LogP contribution in [0.2, 0.25) is 5.02 Å². The maximum atomic E-state index is 12.1. The number of nitrogens with one attached hydrogen (secondary N) is 1. The molecule has 0 atom stereocenters. The summed E-state index contributed by atoms with van der Waals surface area (Å²) >= 11 is 5.86. The van der Waals surface area contributed by atoms with Gasteiger partial charge in [0.05, 0.1) is 11.9 Å². The number of carbonyl (C=O) groups is 2. The molecule has 0 aliphatic carbocycles. The largest absolute Gasteiger partial charge is 0.477 e.